The molecule has 2 aromatic carbocycles. The molecule has 178 valence electrons. The Hall–Kier alpha value is -2.46. The van der Waals surface area contributed by atoms with E-state index in [0.717, 1.165) is 18.4 Å². The molecule has 1 amide bonds. The van der Waals surface area contributed by atoms with Gasteiger partial charge in [-0.15, -0.1) is 0 Å². The van der Waals surface area contributed by atoms with Crippen molar-refractivity contribution in [2.75, 3.05) is 53.2 Å². The van der Waals surface area contributed by atoms with Gasteiger partial charge in [0.1, 0.15) is 5.75 Å². The first-order valence-electron chi connectivity index (χ1n) is 11.1. The maximum absolute atomic E-state index is 13.2. The summed E-state index contributed by atoms with van der Waals surface area (Å²) in [6.45, 7) is 2.96. The fourth-order valence-corrected chi connectivity index (χ4v) is 5.86. The lowest BCUT2D eigenvalue weighted by atomic mass is 9.74. The van der Waals surface area contributed by atoms with Crippen molar-refractivity contribution in [1.29, 1.82) is 0 Å². The highest BCUT2D eigenvalue weighted by atomic mass is 32.2. The molecule has 2 aromatic rings. The van der Waals surface area contributed by atoms with E-state index in [-0.39, 0.29) is 34.9 Å². The maximum Gasteiger partial charge on any atom is 0.255 e. The number of hydrogen-bond donors (Lipinski definition) is 1. The fraction of sp³-hybridized carbons (Fsp3) is 0.458. The van der Waals surface area contributed by atoms with Gasteiger partial charge in [0, 0.05) is 38.3 Å². The molecule has 2 aliphatic rings. The van der Waals surface area contributed by atoms with Crippen LogP contribution in [0.15, 0.2) is 53.4 Å². The highest BCUT2D eigenvalue weighted by Crippen LogP contribution is 2.34. The normalized spacial score (nSPS) is 19.1. The molecule has 0 saturated carbocycles. The summed E-state index contributed by atoms with van der Waals surface area (Å²) in [5, 5.41) is 3.04. The number of carbonyl (C=O) groups excluding carboxylic acids is 1. The minimum absolute atomic E-state index is 0.0687. The topological polar surface area (TPSA) is 94.2 Å². The van der Waals surface area contributed by atoms with E-state index in [2.05, 4.69) is 17.4 Å². The summed E-state index contributed by atoms with van der Waals surface area (Å²) in [5.74, 6) is -0.0400. The van der Waals surface area contributed by atoms with Gasteiger partial charge in [0.2, 0.25) is 10.0 Å². The van der Waals surface area contributed by atoms with Crippen molar-refractivity contribution in [3.05, 3.63) is 59.7 Å². The number of rotatable bonds is 7. The third kappa shape index (κ3) is 5.06. The van der Waals surface area contributed by atoms with Crippen molar-refractivity contribution in [2.45, 2.75) is 23.2 Å². The van der Waals surface area contributed by atoms with Crippen molar-refractivity contribution in [1.82, 2.24) is 9.62 Å². The molecule has 2 fully saturated rings. The third-order valence-electron chi connectivity index (χ3n) is 6.45. The fourth-order valence-electron chi connectivity index (χ4n) is 4.43. The summed E-state index contributed by atoms with van der Waals surface area (Å²) in [5.41, 5.74) is 1.12. The quantitative estimate of drug-likeness (QED) is 0.661. The molecule has 8 nitrogen and oxygen atoms in total. The minimum atomic E-state index is -3.73. The van der Waals surface area contributed by atoms with Gasteiger partial charge in [0.15, 0.2) is 0 Å². The van der Waals surface area contributed by atoms with Crippen molar-refractivity contribution in [3.63, 3.8) is 0 Å². The Morgan fingerprint density at radius 2 is 1.70 bits per heavy atom. The van der Waals surface area contributed by atoms with Gasteiger partial charge in [0.05, 0.1) is 30.8 Å². The van der Waals surface area contributed by atoms with Crippen molar-refractivity contribution < 1.29 is 27.4 Å². The summed E-state index contributed by atoms with van der Waals surface area (Å²) in [4.78, 5) is 13.3. The smallest absolute Gasteiger partial charge is 0.255 e. The van der Waals surface area contributed by atoms with Gasteiger partial charge in [-0.1, -0.05) is 30.3 Å². The van der Waals surface area contributed by atoms with Gasteiger partial charge in [-0.2, -0.15) is 4.31 Å². The second-order valence-electron chi connectivity index (χ2n) is 8.32. The summed E-state index contributed by atoms with van der Waals surface area (Å²) in [6, 6.07) is 14.5. The Morgan fingerprint density at radius 3 is 2.36 bits per heavy atom. The molecule has 0 radical (unpaired) electrons. The van der Waals surface area contributed by atoms with Crippen LogP contribution >= 0.6 is 0 Å². The Kier molecular flexibility index (Phi) is 7.33. The SMILES string of the molecule is COc1ccc(S(=O)(=O)N2CCOCC2)cc1C(=O)NCC1(c2ccccc2)CCOCC1. The van der Waals surface area contributed by atoms with Crippen LogP contribution in [-0.4, -0.2) is 71.8 Å². The van der Waals surface area contributed by atoms with Crippen molar-refractivity contribution in [3.8, 4) is 5.75 Å². The monoisotopic (exact) mass is 474 g/mol. The van der Waals surface area contributed by atoms with E-state index in [4.69, 9.17) is 14.2 Å². The summed E-state index contributed by atoms with van der Waals surface area (Å²) < 4.78 is 43.8. The number of methoxy groups -OCH3 is 1. The van der Waals surface area contributed by atoms with Crippen molar-refractivity contribution >= 4 is 15.9 Å². The van der Waals surface area contributed by atoms with Gasteiger partial charge >= 0.3 is 0 Å². The van der Waals surface area contributed by atoms with Crippen LogP contribution in [0.25, 0.3) is 0 Å². The zero-order chi connectivity index (χ0) is 23.3. The number of hydrogen-bond acceptors (Lipinski definition) is 6. The number of ether oxygens (including phenoxy) is 3. The van der Waals surface area contributed by atoms with Gasteiger partial charge in [-0.05, 0) is 36.6 Å². The molecule has 33 heavy (non-hydrogen) atoms. The molecule has 0 aromatic heterocycles. The Bertz CT molecular complexity index is 1060. The molecular formula is C24H30N2O6S. The number of carbonyl (C=O) groups is 1. The van der Waals surface area contributed by atoms with Crippen LogP contribution in [0.3, 0.4) is 0 Å². The average molecular weight is 475 g/mol. The summed E-state index contributed by atoms with van der Waals surface area (Å²) in [7, 11) is -2.27. The van der Waals surface area contributed by atoms with Gasteiger partial charge in [-0.25, -0.2) is 8.42 Å². The number of nitrogens with one attached hydrogen (secondary N) is 1. The van der Waals surface area contributed by atoms with Gasteiger partial charge < -0.3 is 19.5 Å². The van der Waals surface area contributed by atoms with Crippen LogP contribution in [0.4, 0.5) is 0 Å². The van der Waals surface area contributed by atoms with E-state index in [1.165, 1.54) is 29.6 Å². The summed E-state index contributed by atoms with van der Waals surface area (Å²) >= 11 is 0. The van der Waals surface area contributed by atoms with Crippen molar-refractivity contribution in [2.24, 2.45) is 0 Å². The Balaban J connectivity index is 1.57. The lowest BCUT2D eigenvalue weighted by Gasteiger charge is -2.38. The predicted octanol–water partition coefficient (Wildman–Crippen LogP) is 2.19. The molecule has 0 spiro atoms. The van der Waals surface area contributed by atoms with Crippen LogP contribution in [-0.2, 0) is 24.9 Å². The first-order valence-corrected chi connectivity index (χ1v) is 12.6. The second-order valence-corrected chi connectivity index (χ2v) is 10.3. The molecule has 2 saturated heterocycles. The maximum atomic E-state index is 13.2. The van der Waals surface area contributed by atoms with E-state index in [9.17, 15) is 13.2 Å². The first-order chi connectivity index (χ1) is 16.0. The molecule has 2 heterocycles. The second kappa shape index (κ2) is 10.2. The summed E-state index contributed by atoms with van der Waals surface area (Å²) in [6.07, 6.45) is 1.58. The minimum Gasteiger partial charge on any atom is -0.496 e. The van der Waals surface area contributed by atoms with Crippen LogP contribution in [0.2, 0.25) is 0 Å². The van der Waals surface area contributed by atoms with Gasteiger partial charge in [-0.3, -0.25) is 4.79 Å². The Labute approximate surface area is 194 Å². The number of morpholine rings is 1. The average Bonchev–Trinajstić information content (AvgIpc) is 2.88. The molecule has 0 atom stereocenters. The number of nitrogens with zero attached hydrogens (tertiary/aromatic N) is 1. The molecule has 0 bridgehead atoms. The number of sulfonamides is 1. The number of benzene rings is 2. The molecule has 9 heteroatoms. The largest absolute Gasteiger partial charge is 0.496 e. The lowest BCUT2D eigenvalue weighted by Crippen LogP contribution is -2.44. The first kappa shape index (κ1) is 23.7. The molecule has 0 aliphatic carbocycles. The molecule has 4 rings (SSSR count). The highest BCUT2D eigenvalue weighted by Gasteiger charge is 2.35. The van der Waals surface area contributed by atoms with E-state index in [0.29, 0.717) is 38.7 Å². The highest BCUT2D eigenvalue weighted by molar-refractivity contribution is 7.89. The van der Waals surface area contributed by atoms with Crippen LogP contribution in [0.5, 0.6) is 5.75 Å². The van der Waals surface area contributed by atoms with E-state index in [1.54, 1.807) is 0 Å². The molecule has 1 N–H and O–H groups in total. The van der Waals surface area contributed by atoms with E-state index >= 15 is 0 Å². The lowest BCUT2D eigenvalue weighted by molar-refractivity contribution is 0.0487. The standard InChI is InChI=1S/C24H30N2O6S/c1-30-22-8-7-20(33(28,29)26-11-15-32-16-12-26)17-21(22)23(27)25-18-24(9-13-31-14-10-24)19-5-3-2-4-6-19/h2-8,17H,9-16,18H2,1H3,(H,25,27). The Morgan fingerprint density at radius 1 is 1.03 bits per heavy atom. The zero-order valence-electron chi connectivity index (χ0n) is 18.8. The van der Waals surface area contributed by atoms with E-state index < -0.39 is 10.0 Å². The van der Waals surface area contributed by atoms with E-state index in [1.807, 2.05) is 18.2 Å². The molecule has 2 aliphatic heterocycles. The van der Waals surface area contributed by atoms with Crippen LogP contribution in [0.1, 0.15) is 28.8 Å². The van der Waals surface area contributed by atoms with Crippen LogP contribution in [0, 0.1) is 0 Å². The van der Waals surface area contributed by atoms with Crippen LogP contribution < -0.4 is 10.1 Å². The number of amides is 1. The third-order valence-corrected chi connectivity index (χ3v) is 8.34. The van der Waals surface area contributed by atoms with Gasteiger partial charge in [0.25, 0.3) is 5.91 Å². The molecule has 0 unspecified atom stereocenters. The zero-order valence-corrected chi connectivity index (χ0v) is 19.6. The predicted molar refractivity (Wildman–Crippen MR) is 123 cm³/mol. The molecular weight excluding hydrogens is 444 g/mol.